The molecule has 17 heavy (non-hydrogen) atoms. The molecule has 0 saturated heterocycles. The number of aromatic nitrogens is 2. The third-order valence-electron chi connectivity index (χ3n) is 3.41. The van der Waals surface area contributed by atoms with Gasteiger partial charge < -0.3 is 4.57 Å². The Labute approximate surface area is 100 Å². The van der Waals surface area contributed by atoms with Gasteiger partial charge >= 0.3 is 0 Å². The lowest BCUT2D eigenvalue weighted by Gasteiger charge is -2.23. The number of carbonyl (C=O) groups excluding carboxylic acids is 1. The highest BCUT2D eigenvalue weighted by Crippen LogP contribution is 2.26. The van der Waals surface area contributed by atoms with E-state index in [0.29, 0.717) is 0 Å². The van der Waals surface area contributed by atoms with Gasteiger partial charge in [0.2, 0.25) is 0 Å². The zero-order valence-corrected chi connectivity index (χ0v) is 9.54. The van der Waals surface area contributed by atoms with Gasteiger partial charge in [0, 0.05) is 30.4 Å². The molecule has 0 N–H and O–H groups in total. The smallest absolute Gasteiger partial charge is 0.168 e. The third-order valence-corrected chi connectivity index (χ3v) is 3.41. The van der Waals surface area contributed by atoms with Crippen molar-refractivity contribution in [3.05, 3.63) is 54.1 Å². The molecule has 1 unspecified atom stereocenters. The lowest BCUT2D eigenvalue weighted by molar-refractivity contribution is 0.0887. The van der Waals surface area contributed by atoms with Crippen molar-refractivity contribution < 1.29 is 4.79 Å². The monoisotopic (exact) mass is 226 g/mol. The molecule has 0 radical (unpaired) electrons. The molecular weight excluding hydrogens is 212 g/mol. The minimum atomic E-state index is 0.0964. The van der Waals surface area contributed by atoms with Crippen molar-refractivity contribution in [2.45, 2.75) is 19.4 Å². The van der Waals surface area contributed by atoms with Crippen LogP contribution in [0.3, 0.4) is 0 Å². The molecule has 0 bridgehead atoms. The van der Waals surface area contributed by atoms with E-state index < -0.39 is 0 Å². The van der Waals surface area contributed by atoms with E-state index in [2.05, 4.69) is 11.1 Å². The maximum atomic E-state index is 12.3. The largest absolute Gasteiger partial charge is 0.337 e. The number of hydrogen-bond donors (Lipinski definition) is 0. The van der Waals surface area contributed by atoms with E-state index in [1.165, 1.54) is 5.56 Å². The number of aryl methyl sites for hydroxylation is 1. The maximum Gasteiger partial charge on any atom is 0.168 e. The highest BCUT2D eigenvalue weighted by atomic mass is 16.1. The van der Waals surface area contributed by atoms with Gasteiger partial charge in [-0.25, -0.2) is 4.98 Å². The van der Waals surface area contributed by atoms with E-state index in [0.717, 1.165) is 24.9 Å². The highest BCUT2D eigenvalue weighted by molar-refractivity contribution is 6.00. The maximum absolute atomic E-state index is 12.3. The fourth-order valence-electron chi connectivity index (χ4n) is 2.48. The second-order valence-electron chi connectivity index (χ2n) is 4.52. The van der Waals surface area contributed by atoms with Crippen LogP contribution in [0.1, 0.15) is 22.3 Å². The Morgan fingerprint density at radius 2 is 2.24 bits per heavy atom. The summed E-state index contributed by atoms with van der Waals surface area (Å²) in [4.78, 5) is 16.3. The summed E-state index contributed by atoms with van der Waals surface area (Å²) in [6.45, 7) is 0.743. The molecular formula is C14H14N2O. The molecule has 2 aromatic rings. The summed E-state index contributed by atoms with van der Waals surface area (Å²) < 4.78 is 1.98. The number of nitrogens with zero attached hydrogens (tertiary/aromatic N) is 2. The Morgan fingerprint density at radius 3 is 3.06 bits per heavy atom. The van der Waals surface area contributed by atoms with Crippen LogP contribution in [0.5, 0.6) is 0 Å². The van der Waals surface area contributed by atoms with Gasteiger partial charge in [0.15, 0.2) is 5.78 Å². The van der Waals surface area contributed by atoms with Crippen LogP contribution >= 0.6 is 0 Å². The van der Waals surface area contributed by atoms with Gasteiger partial charge in [0.05, 0.1) is 6.33 Å². The Hall–Kier alpha value is -1.90. The van der Waals surface area contributed by atoms with Crippen molar-refractivity contribution in [1.29, 1.82) is 0 Å². The number of carbonyl (C=O) groups is 1. The van der Waals surface area contributed by atoms with Crippen LogP contribution in [0.4, 0.5) is 0 Å². The van der Waals surface area contributed by atoms with Crippen LogP contribution in [-0.4, -0.2) is 15.3 Å². The van der Waals surface area contributed by atoms with Crippen molar-refractivity contribution in [2.24, 2.45) is 5.92 Å². The second-order valence-corrected chi connectivity index (χ2v) is 4.52. The normalized spacial score (nSPS) is 19.1. The van der Waals surface area contributed by atoms with Gasteiger partial charge in [-0.15, -0.1) is 0 Å². The first kappa shape index (κ1) is 10.3. The van der Waals surface area contributed by atoms with Crippen molar-refractivity contribution >= 4 is 5.78 Å². The van der Waals surface area contributed by atoms with E-state index in [1.54, 1.807) is 12.5 Å². The van der Waals surface area contributed by atoms with Crippen LogP contribution < -0.4 is 0 Å². The molecule has 1 aromatic carbocycles. The zero-order chi connectivity index (χ0) is 11.7. The number of hydrogen-bond acceptors (Lipinski definition) is 2. The van der Waals surface area contributed by atoms with Crippen LogP contribution in [-0.2, 0) is 13.0 Å². The number of ketones is 1. The predicted molar refractivity (Wildman–Crippen MR) is 64.8 cm³/mol. The highest BCUT2D eigenvalue weighted by Gasteiger charge is 2.26. The molecule has 1 aliphatic rings. The summed E-state index contributed by atoms with van der Waals surface area (Å²) in [7, 11) is 0. The third kappa shape index (κ3) is 1.88. The van der Waals surface area contributed by atoms with Crippen LogP contribution in [0.25, 0.3) is 0 Å². The summed E-state index contributed by atoms with van der Waals surface area (Å²) >= 11 is 0. The first-order chi connectivity index (χ1) is 8.34. The molecule has 1 heterocycles. The topological polar surface area (TPSA) is 34.9 Å². The van der Waals surface area contributed by atoms with Crippen molar-refractivity contribution in [3.8, 4) is 0 Å². The Bertz CT molecular complexity index is 531. The van der Waals surface area contributed by atoms with Gasteiger partial charge in [-0.2, -0.15) is 0 Å². The summed E-state index contributed by atoms with van der Waals surface area (Å²) in [5.41, 5.74) is 2.10. The van der Waals surface area contributed by atoms with E-state index in [4.69, 9.17) is 0 Å². The van der Waals surface area contributed by atoms with E-state index in [-0.39, 0.29) is 11.7 Å². The molecule has 1 atom stereocenters. The fourth-order valence-corrected chi connectivity index (χ4v) is 2.48. The number of benzene rings is 1. The lowest BCUT2D eigenvalue weighted by atomic mass is 9.83. The average Bonchev–Trinajstić information content (AvgIpc) is 2.86. The van der Waals surface area contributed by atoms with Gasteiger partial charge in [-0.1, -0.05) is 24.3 Å². The summed E-state index contributed by atoms with van der Waals surface area (Å²) in [5.74, 6) is 0.375. The minimum Gasteiger partial charge on any atom is -0.337 e. The molecule has 1 aromatic heterocycles. The molecule has 0 saturated carbocycles. The average molecular weight is 226 g/mol. The molecule has 1 aliphatic carbocycles. The Morgan fingerprint density at radius 1 is 1.35 bits per heavy atom. The fraction of sp³-hybridized carbons (Fsp3) is 0.286. The zero-order valence-electron chi connectivity index (χ0n) is 9.54. The SMILES string of the molecule is O=C1c2ccccc2CCC1Cn1ccnc1. The minimum absolute atomic E-state index is 0.0964. The molecule has 3 heteroatoms. The summed E-state index contributed by atoms with van der Waals surface area (Å²) in [5, 5.41) is 0. The first-order valence-corrected chi connectivity index (χ1v) is 5.92. The van der Waals surface area contributed by atoms with E-state index in [9.17, 15) is 4.79 Å². The number of imidazole rings is 1. The van der Waals surface area contributed by atoms with Crippen LogP contribution in [0, 0.1) is 5.92 Å². The number of fused-ring (bicyclic) bond motifs is 1. The standard InChI is InChI=1S/C14H14N2O/c17-14-12(9-16-8-7-15-10-16)6-5-11-3-1-2-4-13(11)14/h1-4,7-8,10,12H,5-6,9H2. The molecule has 0 aliphatic heterocycles. The Balaban J connectivity index is 1.84. The van der Waals surface area contributed by atoms with Gasteiger partial charge in [-0.05, 0) is 18.4 Å². The molecule has 0 amide bonds. The van der Waals surface area contributed by atoms with Crippen LogP contribution in [0.2, 0.25) is 0 Å². The quantitative estimate of drug-likeness (QED) is 0.787. The predicted octanol–water partition coefficient (Wildman–Crippen LogP) is 2.33. The van der Waals surface area contributed by atoms with Crippen molar-refractivity contribution in [3.63, 3.8) is 0 Å². The lowest BCUT2D eigenvalue weighted by Crippen LogP contribution is -2.26. The van der Waals surface area contributed by atoms with Crippen molar-refractivity contribution in [2.75, 3.05) is 0 Å². The van der Waals surface area contributed by atoms with Gasteiger partial charge in [0.1, 0.15) is 0 Å². The van der Waals surface area contributed by atoms with E-state index >= 15 is 0 Å². The van der Waals surface area contributed by atoms with Gasteiger partial charge in [0.25, 0.3) is 0 Å². The molecule has 0 spiro atoms. The molecule has 3 rings (SSSR count). The first-order valence-electron chi connectivity index (χ1n) is 5.92. The number of rotatable bonds is 2. The van der Waals surface area contributed by atoms with E-state index in [1.807, 2.05) is 29.0 Å². The van der Waals surface area contributed by atoms with Crippen LogP contribution in [0.15, 0.2) is 43.0 Å². The van der Waals surface area contributed by atoms with Crippen molar-refractivity contribution in [1.82, 2.24) is 9.55 Å². The molecule has 0 fully saturated rings. The van der Waals surface area contributed by atoms with Gasteiger partial charge in [-0.3, -0.25) is 4.79 Å². The molecule has 86 valence electrons. The summed E-state index contributed by atoms with van der Waals surface area (Å²) in [6.07, 6.45) is 7.37. The summed E-state index contributed by atoms with van der Waals surface area (Å²) in [6, 6.07) is 7.94. The Kier molecular flexibility index (Phi) is 2.52. The second kappa shape index (κ2) is 4.17. The number of Topliss-reactive ketones (excluding diaryl/α,β-unsaturated/α-hetero) is 1. The molecule has 3 nitrogen and oxygen atoms in total.